The highest BCUT2D eigenvalue weighted by Crippen LogP contribution is 2.39. The molecule has 0 bridgehead atoms. The van der Waals surface area contributed by atoms with Crippen molar-refractivity contribution >= 4 is 18.2 Å². The van der Waals surface area contributed by atoms with Crippen LogP contribution >= 0.6 is 0 Å². The first-order valence-corrected chi connectivity index (χ1v) is 8.60. The average molecular weight is 324 g/mol. The molecule has 3 aromatic carbocycles. The van der Waals surface area contributed by atoms with Gasteiger partial charge >= 0.3 is 0 Å². The molecule has 1 aliphatic rings. The van der Waals surface area contributed by atoms with E-state index in [9.17, 15) is 5.11 Å². The predicted octanol–water partition coefficient (Wildman–Crippen LogP) is 5.70. The van der Waals surface area contributed by atoms with E-state index in [1.807, 2.05) is 54.6 Å². The van der Waals surface area contributed by atoms with Crippen molar-refractivity contribution in [1.82, 2.24) is 0 Å². The third-order valence-electron chi connectivity index (χ3n) is 4.75. The number of rotatable bonds is 3. The van der Waals surface area contributed by atoms with Crippen molar-refractivity contribution in [2.45, 2.75) is 12.0 Å². The van der Waals surface area contributed by atoms with E-state index in [0.29, 0.717) is 0 Å². The number of hydrogen-bond donors (Lipinski definition) is 1. The Morgan fingerprint density at radius 3 is 2.20 bits per heavy atom. The normalized spacial score (nSPS) is 19.1. The van der Waals surface area contributed by atoms with Gasteiger partial charge < -0.3 is 5.11 Å². The Morgan fingerprint density at radius 2 is 1.36 bits per heavy atom. The SMILES string of the molecule is OC1c2ccccc2C=CC1c1ccccc1C=Cc1ccccc1. The van der Waals surface area contributed by atoms with Crippen molar-refractivity contribution in [3.63, 3.8) is 0 Å². The van der Waals surface area contributed by atoms with Crippen LogP contribution in [0.3, 0.4) is 0 Å². The van der Waals surface area contributed by atoms with Crippen LogP contribution in [0.5, 0.6) is 0 Å². The Bertz CT molecular complexity index is 922. The minimum absolute atomic E-state index is 0.0356. The van der Waals surface area contributed by atoms with Crippen molar-refractivity contribution in [3.05, 3.63) is 113 Å². The van der Waals surface area contributed by atoms with Gasteiger partial charge in [-0.2, -0.15) is 0 Å². The summed E-state index contributed by atoms with van der Waals surface area (Å²) in [5, 5.41) is 10.9. The summed E-state index contributed by atoms with van der Waals surface area (Å²) in [6.45, 7) is 0. The van der Waals surface area contributed by atoms with Gasteiger partial charge in [-0.25, -0.2) is 0 Å². The Labute approximate surface area is 148 Å². The van der Waals surface area contributed by atoms with Gasteiger partial charge in [0.25, 0.3) is 0 Å². The highest BCUT2D eigenvalue weighted by Gasteiger charge is 2.26. The second-order valence-corrected chi connectivity index (χ2v) is 6.33. The molecule has 2 unspecified atom stereocenters. The largest absolute Gasteiger partial charge is 0.387 e. The minimum Gasteiger partial charge on any atom is -0.387 e. The molecule has 0 spiro atoms. The molecular formula is C24H20O. The third kappa shape index (κ3) is 3.19. The van der Waals surface area contributed by atoms with Crippen LogP contribution in [0.4, 0.5) is 0 Å². The molecule has 122 valence electrons. The first kappa shape index (κ1) is 15.6. The second kappa shape index (κ2) is 6.92. The molecule has 1 heteroatoms. The summed E-state index contributed by atoms with van der Waals surface area (Å²) in [6, 6.07) is 26.6. The lowest BCUT2D eigenvalue weighted by molar-refractivity contribution is 0.160. The fourth-order valence-corrected chi connectivity index (χ4v) is 3.43. The number of aliphatic hydroxyl groups excluding tert-OH is 1. The van der Waals surface area contributed by atoms with E-state index >= 15 is 0 Å². The van der Waals surface area contributed by atoms with Crippen molar-refractivity contribution in [1.29, 1.82) is 0 Å². The van der Waals surface area contributed by atoms with Gasteiger partial charge in [-0.05, 0) is 27.8 Å². The van der Waals surface area contributed by atoms with E-state index in [1.54, 1.807) is 0 Å². The number of hydrogen-bond acceptors (Lipinski definition) is 1. The molecule has 1 aliphatic carbocycles. The molecule has 0 saturated carbocycles. The summed E-state index contributed by atoms with van der Waals surface area (Å²) >= 11 is 0. The quantitative estimate of drug-likeness (QED) is 0.613. The number of benzene rings is 3. The lowest BCUT2D eigenvalue weighted by Gasteiger charge is -2.27. The summed E-state index contributed by atoms with van der Waals surface area (Å²) in [5.41, 5.74) is 5.55. The molecule has 0 heterocycles. The molecule has 0 aliphatic heterocycles. The molecule has 0 aromatic heterocycles. The lowest BCUT2D eigenvalue weighted by Crippen LogP contribution is -2.14. The van der Waals surface area contributed by atoms with E-state index in [2.05, 4.69) is 48.6 Å². The standard InChI is InChI=1S/C24H20O/c25-24-22-13-7-5-11-20(22)16-17-23(24)21-12-6-4-10-19(21)15-14-18-8-2-1-3-9-18/h1-17,23-25H. The summed E-state index contributed by atoms with van der Waals surface area (Å²) in [7, 11) is 0. The van der Waals surface area contributed by atoms with Crippen LogP contribution in [0.25, 0.3) is 18.2 Å². The van der Waals surface area contributed by atoms with Crippen molar-refractivity contribution in [2.24, 2.45) is 0 Å². The smallest absolute Gasteiger partial charge is 0.0899 e. The van der Waals surface area contributed by atoms with Gasteiger partial charge in [0, 0.05) is 5.92 Å². The van der Waals surface area contributed by atoms with E-state index in [1.165, 1.54) is 5.56 Å². The molecule has 1 N–H and O–H groups in total. The van der Waals surface area contributed by atoms with E-state index in [-0.39, 0.29) is 5.92 Å². The summed E-state index contributed by atoms with van der Waals surface area (Å²) in [5.74, 6) is -0.0356. The summed E-state index contributed by atoms with van der Waals surface area (Å²) < 4.78 is 0. The molecule has 2 atom stereocenters. The second-order valence-electron chi connectivity index (χ2n) is 6.33. The Hall–Kier alpha value is -2.90. The zero-order chi connectivity index (χ0) is 17.1. The lowest BCUT2D eigenvalue weighted by atomic mass is 9.81. The molecule has 3 aromatic rings. The van der Waals surface area contributed by atoms with Gasteiger partial charge in [-0.1, -0.05) is 103 Å². The third-order valence-corrected chi connectivity index (χ3v) is 4.75. The fourth-order valence-electron chi connectivity index (χ4n) is 3.43. The zero-order valence-electron chi connectivity index (χ0n) is 13.9. The molecular weight excluding hydrogens is 304 g/mol. The van der Waals surface area contributed by atoms with Crippen LogP contribution in [-0.4, -0.2) is 5.11 Å². The first-order valence-electron chi connectivity index (χ1n) is 8.60. The van der Waals surface area contributed by atoms with Crippen LogP contribution in [0.15, 0.2) is 84.9 Å². The van der Waals surface area contributed by atoms with Crippen LogP contribution in [-0.2, 0) is 0 Å². The van der Waals surface area contributed by atoms with Gasteiger partial charge in [-0.3, -0.25) is 0 Å². The van der Waals surface area contributed by atoms with Crippen LogP contribution in [0, 0.1) is 0 Å². The molecule has 1 nitrogen and oxygen atoms in total. The van der Waals surface area contributed by atoms with Gasteiger partial charge in [-0.15, -0.1) is 0 Å². The highest BCUT2D eigenvalue weighted by molar-refractivity contribution is 5.72. The van der Waals surface area contributed by atoms with Gasteiger partial charge in [0.05, 0.1) is 6.10 Å². The zero-order valence-corrected chi connectivity index (χ0v) is 13.9. The number of aliphatic hydroxyl groups is 1. The molecule has 0 radical (unpaired) electrons. The minimum atomic E-state index is -0.521. The fraction of sp³-hybridized carbons (Fsp3) is 0.0833. The van der Waals surface area contributed by atoms with Crippen LogP contribution in [0.1, 0.15) is 39.8 Å². The van der Waals surface area contributed by atoms with Crippen LogP contribution in [0.2, 0.25) is 0 Å². The average Bonchev–Trinajstić information content (AvgIpc) is 2.68. The predicted molar refractivity (Wildman–Crippen MR) is 105 cm³/mol. The molecule has 0 saturated heterocycles. The summed E-state index contributed by atoms with van der Waals surface area (Å²) in [4.78, 5) is 0. The van der Waals surface area contributed by atoms with Gasteiger partial charge in [0.1, 0.15) is 0 Å². The molecule has 0 amide bonds. The maximum atomic E-state index is 10.9. The maximum absolute atomic E-state index is 10.9. The van der Waals surface area contributed by atoms with Crippen molar-refractivity contribution in [2.75, 3.05) is 0 Å². The number of fused-ring (bicyclic) bond motifs is 1. The van der Waals surface area contributed by atoms with E-state index in [4.69, 9.17) is 0 Å². The molecule has 4 rings (SSSR count). The first-order chi connectivity index (χ1) is 12.3. The maximum Gasteiger partial charge on any atom is 0.0899 e. The molecule has 25 heavy (non-hydrogen) atoms. The van der Waals surface area contributed by atoms with Crippen LogP contribution < -0.4 is 0 Å². The molecule has 0 fully saturated rings. The van der Waals surface area contributed by atoms with Crippen molar-refractivity contribution < 1.29 is 5.11 Å². The summed E-state index contributed by atoms with van der Waals surface area (Å²) in [6.07, 6.45) is 7.96. The monoisotopic (exact) mass is 324 g/mol. The van der Waals surface area contributed by atoms with Gasteiger partial charge in [0.15, 0.2) is 0 Å². The van der Waals surface area contributed by atoms with Crippen molar-refractivity contribution in [3.8, 4) is 0 Å². The Balaban J connectivity index is 1.69. The van der Waals surface area contributed by atoms with E-state index < -0.39 is 6.10 Å². The van der Waals surface area contributed by atoms with E-state index in [0.717, 1.165) is 22.3 Å². The van der Waals surface area contributed by atoms with Gasteiger partial charge in [0.2, 0.25) is 0 Å². The Morgan fingerprint density at radius 1 is 0.680 bits per heavy atom. The highest BCUT2D eigenvalue weighted by atomic mass is 16.3. The topological polar surface area (TPSA) is 20.2 Å². The Kier molecular flexibility index (Phi) is 4.32.